The monoisotopic (exact) mass is 301 g/mol. The maximum Gasteiger partial charge on any atom is 0.287 e. The van der Waals surface area contributed by atoms with E-state index in [-0.39, 0.29) is 5.69 Å². The molecule has 1 aliphatic heterocycles. The fourth-order valence-corrected chi connectivity index (χ4v) is 2.24. The maximum absolute atomic E-state index is 10.5. The minimum Gasteiger partial charge on any atom is -0.440 e. The Morgan fingerprint density at radius 2 is 2.14 bits per heavy atom. The SMILES string of the molecule is O=[N+]([O-])c1ccc(N/N=C\c2ccc(N3CCCC3)o2)nc1. The summed E-state index contributed by atoms with van der Waals surface area (Å²) in [4.78, 5) is 16.1. The minimum absolute atomic E-state index is 0.0594. The fraction of sp³-hybridized carbons (Fsp3) is 0.286. The Morgan fingerprint density at radius 1 is 1.32 bits per heavy atom. The molecule has 1 N–H and O–H groups in total. The van der Waals surface area contributed by atoms with Crippen molar-refractivity contribution in [1.29, 1.82) is 0 Å². The molecule has 2 aromatic rings. The normalized spacial score (nSPS) is 14.6. The van der Waals surface area contributed by atoms with E-state index in [1.54, 1.807) is 6.21 Å². The van der Waals surface area contributed by atoms with Gasteiger partial charge in [-0.25, -0.2) is 4.98 Å². The summed E-state index contributed by atoms with van der Waals surface area (Å²) < 4.78 is 5.68. The molecule has 8 nitrogen and oxygen atoms in total. The number of hydrogen-bond acceptors (Lipinski definition) is 7. The highest BCUT2D eigenvalue weighted by atomic mass is 16.6. The van der Waals surface area contributed by atoms with Crippen molar-refractivity contribution in [2.45, 2.75) is 12.8 Å². The van der Waals surface area contributed by atoms with Gasteiger partial charge in [-0.05, 0) is 25.0 Å². The molecule has 0 spiro atoms. The van der Waals surface area contributed by atoms with Crippen LogP contribution in [-0.4, -0.2) is 29.2 Å². The van der Waals surface area contributed by atoms with Gasteiger partial charge in [-0.15, -0.1) is 0 Å². The molecule has 22 heavy (non-hydrogen) atoms. The van der Waals surface area contributed by atoms with Crippen molar-refractivity contribution in [3.8, 4) is 0 Å². The molecule has 8 heteroatoms. The number of anilines is 2. The number of pyridine rings is 1. The highest BCUT2D eigenvalue weighted by Crippen LogP contribution is 2.22. The average Bonchev–Trinajstić information content (AvgIpc) is 3.19. The third-order valence-corrected chi connectivity index (χ3v) is 3.36. The maximum atomic E-state index is 10.5. The van der Waals surface area contributed by atoms with Crippen LogP contribution in [0.15, 0.2) is 40.0 Å². The molecule has 0 unspecified atom stereocenters. The van der Waals surface area contributed by atoms with Gasteiger partial charge in [-0.1, -0.05) is 0 Å². The van der Waals surface area contributed by atoms with E-state index in [1.165, 1.54) is 31.2 Å². The summed E-state index contributed by atoms with van der Waals surface area (Å²) in [6.07, 6.45) is 5.11. The third kappa shape index (κ3) is 3.22. The molecule has 1 fully saturated rings. The lowest BCUT2D eigenvalue weighted by Gasteiger charge is -2.12. The second-order valence-corrected chi connectivity index (χ2v) is 4.90. The first-order valence-electron chi connectivity index (χ1n) is 6.97. The molecule has 0 amide bonds. The predicted molar refractivity (Wildman–Crippen MR) is 82.3 cm³/mol. The van der Waals surface area contributed by atoms with Gasteiger partial charge < -0.3 is 9.32 Å². The molecule has 0 atom stereocenters. The summed E-state index contributed by atoms with van der Waals surface area (Å²) in [7, 11) is 0. The fourth-order valence-electron chi connectivity index (χ4n) is 2.24. The molecule has 0 saturated carbocycles. The molecule has 3 heterocycles. The van der Waals surface area contributed by atoms with Crippen LogP contribution in [0.5, 0.6) is 0 Å². The molecule has 114 valence electrons. The van der Waals surface area contributed by atoms with E-state index in [4.69, 9.17) is 4.42 Å². The van der Waals surface area contributed by atoms with E-state index in [0.717, 1.165) is 19.0 Å². The Bertz CT molecular complexity index is 674. The Morgan fingerprint density at radius 3 is 2.82 bits per heavy atom. The van der Waals surface area contributed by atoms with E-state index < -0.39 is 4.92 Å². The Hall–Kier alpha value is -2.90. The molecule has 1 aliphatic rings. The summed E-state index contributed by atoms with van der Waals surface area (Å²) in [5, 5.41) is 14.5. The number of furan rings is 1. The zero-order valence-corrected chi connectivity index (χ0v) is 11.8. The molecule has 0 bridgehead atoms. The number of nitro groups is 1. The second kappa shape index (κ2) is 6.25. The molecule has 0 aromatic carbocycles. The van der Waals surface area contributed by atoms with Crippen molar-refractivity contribution in [2.75, 3.05) is 23.4 Å². The molecule has 0 aliphatic carbocycles. The number of hydrazone groups is 1. The second-order valence-electron chi connectivity index (χ2n) is 4.90. The minimum atomic E-state index is -0.497. The quantitative estimate of drug-likeness (QED) is 0.518. The van der Waals surface area contributed by atoms with E-state index in [0.29, 0.717) is 11.6 Å². The van der Waals surface area contributed by atoms with Crippen LogP contribution < -0.4 is 10.3 Å². The first-order valence-corrected chi connectivity index (χ1v) is 6.97. The number of hydrogen-bond donors (Lipinski definition) is 1. The first-order chi connectivity index (χ1) is 10.7. The topological polar surface area (TPSA) is 96.8 Å². The molecule has 0 radical (unpaired) electrons. The Balaban J connectivity index is 1.58. The molecule has 3 rings (SSSR count). The number of aromatic nitrogens is 1. The predicted octanol–water partition coefficient (Wildman–Crippen LogP) is 2.63. The average molecular weight is 301 g/mol. The van der Waals surface area contributed by atoms with Crippen molar-refractivity contribution in [3.63, 3.8) is 0 Å². The summed E-state index contributed by atoms with van der Waals surface area (Å²) in [5.41, 5.74) is 2.64. The summed E-state index contributed by atoms with van der Waals surface area (Å²) in [5.74, 6) is 1.91. The lowest BCUT2D eigenvalue weighted by Crippen LogP contribution is -2.16. The Kier molecular flexibility index (Phi) is 3.99. The number of rotatable bonds is 5. The highest BCUT2D eigenvalue weighted by molar-refractivity contribution is 5.77. The van der Waals surface area contributed by atoms with Crippen molar-refractivity contribution in [3.05, 3.63) is 46.3 Å². The van der Waals surface area contributed by atoms with Gasteiger partial charge in [-0.3, -0.25) is 15.5 Å². The van der Waals surface area contributed by atoms with Crippen molar-refractivity contribution >= 4 is 23.6 Å². The van der Waals surface area contributed by atoms with Crippen LogP contribution in [0.3, 0.4) is 0 Å². The van der Waals surface area contributed by atoms with Crippen LogP contribution in [-0.2, 0) is 0 Å². The van der Waals surface area contributed by atoms with E-state index in [9.17, 15) is 10.1 Å². The van der Waals surface area contributed by atoms with Crippen LogP contribution in [0.2, 0.25) is 0 Å². The van der Waals surface area contributed by atoms with Gasteiger partial charge in [0.1, 0.15) is 17.8 Å². The van der Waals surface area contributed by atoms with Crippen molar-refractivity contribution in [2.24, 2.45) is 5.10 Å². The zero-order chi connectivity index (χ0) is 15.4. The molecule has 1 saturated heterocycles. The van der Waals surface area contributed by atoms with Crippen LogP contribution in [0.25, 0.3) is 0 Å². The van der Waals surface area contributed by atoms with Crippen LogP contribution in [0, 0.1) is 10.1 Å². The van der Waals surface area contributed by atoms with Gasteiger partial charge in [0.05, 0.1) is 11.1 Å². The van der Waals surface area contributed by atoms with Gasteiger partial charge in [0.15, 0.2) is 5.88 Å². The van der Waals surface area contributed by atoms with Gasteiger partial charge in [0.25, 0.3) is 5.69 Å². The van der Waals surface area contributed by atoms with E-state index in [2.05, 4.69) is 20.4 Å². The summed E-state index contributed by atoms with van der Waals surface area (Å²) in [6, 6.07) is 6.63. The number of nitrogens with one attached hydrogen (secondary N) is 1. The standard InChI is InChI=1S/C14H15N5O3/c20-19(21)11-3-5-13(15-9-11)17-16-10-12-4-6-14(22-12)18-7-1-2-8-18/h3-6,9-10H,1-2,7-8H2,(H,15,17)/b16-10-. The zero-order valence-electron chi connectivity index (χ0n) is 11.8. The number of nitrogens with zero attached hydrogens (tertiary/aromatic N) is 4. The van der Waals surface area contributed by atoms with Gasteiger partial charge >= 0.3 is 0 Å². The van der Waals surface area contributed by atoms with Gasteiger partial charge in [-0.2, -0.15) is 5.10 Å². The molecule has 2 aromatic heterocycles. The summed E-state index contributed by atoms with van der Waals surface area (Å²) in [6.45, 7) is 2.05. The van der Waals surface area contributed by atoms with Crippen LogP contribution in [0.4, 0.5) is 17.4 Å². The van der Waals surface area contributed by atoms with Crippen molar-refractivity contribution < 1.29 is 9.34 Å². The highest BCUT2D eigenvalue weighted by Gasteiger charge is 2.15. The van der Waals surface area contributed by atoms with E-state index in [1.807, 2.05) is 12.1 Å². The lowest BCUT2D eigenvalue weighted by molar-refractivity contribution is -0.385. The van der Waals surface area contributed by atoms with Gasteiger partial charge in [0, 0.05) is 25.2 Å². The van der Waals surface area contributed by atoms with E-state index >= 15 is 0 Å². The Labute approximate surface area is 126 Å². The van der Waals surface area contributed by atoms with Crippen molar-refractivity contribution in [1.82, 2.24) is 4.98 Å². The van der Waals surface area contributed by atoms with Gasteiger partial charge in [0.2, 0.25) is 0 Å². The molecular formula is C14H15N5O3. The smallest absolute Gasteiger partial charge is 0.287 e. The lowest BCUT2D eigenvalue weighted by atomic mass is 10.4. The van der Waals surface area contributed by atoms with Crippen LogP contribution >= 0.6 is 0 Å². The third-order valence-electron chi connectivity index (χ3n) is 3.36. The summed E-state index contributed by atoms with van der Waals surface area (Å²) >= 11 is 0. The van der Waals surface area contributed by atoms with Crippen LogP contribution in [0.1, 0.15) is 18.6 Å². The first kappa shape index (κ1) is 14.1. The largest absolute Gasteiger partial charge is 0.440 e. The molecular weight excluding hydrogens is 286 g/mol.